The molecular formula is C20H29NO5. The number of imide groups is 1. The van der Waals surface area contributed by atoms with Crippen molar-refractivity contribution in [2.75, 3.05) is 6.54 Å². The Bertz CT molecular complexity index is 597. The van der Waals surface area contributed by atoms with E-state index < -0.39 is 23.9 Å². The van der Waals surface area contributed by atoms with E-state index in [1.807, 2.05) is 44.2 Å². The third-order valence-corrected chi connectivity index (χ3v) is 3.82. The van der Waals surface area contributed by atoms with E-state index in [0.29, 0.717) is 12.8 Å². The summed E-state index contributed by atoms with van der Waals surface area (Å²) in [5, 5.41) is 9.13. The molecule has 0 aromatic heterocycles. The smallest absolute Gasteiger partial charge is 0.416 e. The van der Waals surface area contributed by atoms with Crippen LogP contribution < -0.4 is 0 Å². The normalized spacial score (nSPS) is 12.1. The van der Waals surface area contributed by atoms with Gasteiger partial charge in [-0.25, -0.2) is 9.69 Å². The van der Waals surface area contributed by atoms with Gasteiger partial charge in [-0.1, -0.05) is 44.2 Å². The van der Waals surface area contributed by atoms with Crippen molar-refractivity contribution in [3.8, 4) is 0 Å². The molecule has 0 aliphatic heterocycles. The van der Waals surface area contributed by atoms with Gasteiger partial charge in [0.25, 0.3) is 0 Å². The Labute approximate surface area is 155 Å². The number of hydrogen-bond donors (Lipinski definition) is 1. The molecule has 1 aromatic carbocycles. The third-order valence-electron chi connectivity index (χ3n) is 3.82. The molecular weight excluding hydrogens is 334 g/mol. The molecule has 6 nitrogen and oxygen atoms in total. The molecule has 0 saturated carbocycles. The summed E-state index contributed by atoms with van der Waals surface area (Å²) in [5.74, 6) is -2.14. The zero-order valence-electron chi connectivity index (χ0n) is 16.0. The molecule has 6 heteroatoms. The maximum absolute atomic E-state index is 12.9. The molecule has 1 unspecified atom stereocenters. The number of amides is 2. The highest BCUT2D eigenvalue weighted by Crippen LogP contribution is 2.20. The van der Waals surface area contributed by atoms with Gasteiger partial charge in [-0.05, 0) is 38.2 Å². The number of nitrogens with zero attached hydrogens (tertiary/aromatic N) is 1. The highest BCUT2D eigenvalue weighted by atomic mass is 16.6. The van der Waals surface area contributed by atoms with Crippen molar-refractivity contribution in [1.29, 1.82) is 0 Å². The number of carboxylic acids is 1. The Morgan fingerprint density at radius 3 is 2.19 bits per heavy atom. The van der Waals surface area contributed by atoms with Gasteiger partial charge in [0.05, 0.1) is 12.5 Å². The molecule has 1 atom stereocenters. The van der Waals surface area contributed by atoms with Gasteiger partial charge in [0.1, 0.15) is 0 Å². The minimum Gasteiger partial charge on any atom is -0.481 e. The van der Waals surface area contributed by atoms with Gasteiger partial charge >= 0.3 is 12.1 Å². The summed E-state index contributed by atoms with van der Waals surface area (Å²) in [6.45, 7) is 7.41. The van der Waals surface area contributed by atoms with E-state index in [-0.39, 0.29) is 25.0 Å². The van der Waals surface area contributed by atoms with E-state index in [2.05, 4.69) is 0 Å². The number of benzene rings is 1. The maximum atomic E-state index is 12.9. The van der Waals surface area contributed by atoms with Gasteiger partial charge < -0.3 is 9.84 Å². The second kappa shape index (κ2) is 10.6. The SMILES string of the molecule is CC(C)CC(CC(=O)O)C(=O)N(CCc1ccccc1)C(=O)OC(C)C. The fourth-order valence-electron chi connectivity index (χ4n) is 2.71. The molecule has 0 aliphatic rings. The zero-order chi connectivity index (χ0) is 19.7. The van der Waals surface area contributed by atoms with Crippen molar-refractivity contribution in [1.82, 2.24) is 4.90 Å². The zero-order valence-corrected chi connectivity index (χ0v) is 16.0. The Morgan fingerprint density at radius 1 is 1.08 bits per heavy atom. The summed E-state index contributed by atoms with van der Waals surface area (Å²) in [4.78, 5) is 37.6. The maximum Gasteiger partial charge on any atom is 0.416 e. The minimum absolute atomic E-state index is 0.139. The number of rotatable bonds is 9. The fraction of sp³-hybridized carbons (Fsp3) is 0.550. The highest BCUT2D eigenvalue weighted by Gasteiger charge is 2.32. The molecule has 1 aromatic rings. The monoisotopic (exact) mass is 363 g/mol. The van der Waals surface area contributed by atoms with Crippen LogP contribution in [-0.4, -0.2) is 40.6 Å². The van der Waals surface area contributed by atoms with Crippen LogP contribution in [0.1, 0.15) is 46.1 Å². The van der Waals surface area contributed by atoms with Crippen LogP contribution in [0.5, 0.6) is 0 Å². The lowest BCUT2D eigenvalue weighted by Gasteiger charge is -2.26. The Kier molecular flexibility index (Phi) is 8.82. The molecule has 0 spiro atoms. The summed E-state index contributed by atoms with van der Waals surface area (Å²) in [6, 6.07) is 9.50. The van der Waals surface area contributed by atoms with E-state index in [1.54, 1.807) is 13.8 Å². The van der Waals surface area contributed by atoms with E-state index in [4.69, 9.17) is 9.84 Å². The molecule has 0 bridgehead atoms. The van der Waals surface area contributed by atoms with Gasteiger partial charge in [0, 0.05) is 12.5 Å². The molecule has 0 fully saturated rings. The summed E-state index contributed by atoms with van der Waals surface area (Å²) >= 11 is 0. The second-order valence-corrected chi connectivity index (χ2v) is 7.08. The molecule has 1 N–H and O–H groups in total. The van der Waals surface area contributed by atoms with E-state index in [1.165, 1.54) is 0 Å². The van der Waals surface area contributed by atoms with Gasteiger partial charge in [-0.15, -0.1) is 0 Å². The first kappa shape index (κ1) is 21.7. The van der Waals surface area contributed by atoms with Crippen molar-refractivity contribution >= 4 is 18.0 Å². The fourth-order valence-corrected chi connectivity index (χ4v) is 2.71. The first-order valence-corrected chi connectivity index (χ1v) is 8.98. The quantitative estimate of drug-likeness (QED) is 0.722. The van der Waals surface area contributed by atoms with Crippen LogP contribution in [-0.2, 0) is 20.7 Å². The summed E-state index contributed by atoms with van der Waals surface area (Å²) in [6.07, 6.45) is -0.491. The predicted octanol–water partition coefficient (Wildman–Crippen LogP) is 3.74. The summed E-state index contributed by atoms with van der Waals surface area (Å²) < 4.78 is 5.20. The third kappa shape index (κ3) is 7.68. The standard InChI is InChI=1S/C20H29NO5/c1-14(2)12-17(13-18(22)23)19(24)21(20(25)26-15(3)4)11-10-16-8-6-5-7-9-16/h5-9,14-15,17H,10-13H2,1-4H3,(H,22,23). The Morgan fingerprint density at radius 2 is 1.69 bits per heavy atom. The molecule has 0 radical (unpaired) electrons. The van der Waals surface area contributed by atoms with Gasteiger partial charge in [-0.3, -0.25) is 9.59 Å². The molecule has 0 aliphatic carbocycles. The van der Waals surface area contributed by atoms with Crippen molar-refractivity contribution in [3.63, 3.8) is 0 Å². The van der Waals surface area contributed by atoms with Crippen molar-refractivity contribution in [2.24, 2.45) is 11.8 Å². The van der Waals surface area contributed by atoms with Crippen LogP contribution in [0.2, 0.25) is 0 Å². The van der Waals surface area contributed by atoms with E-state index >= 15 is 0 Å². The number of carboxylic acid groups (broad SMARTS) is 1. The summed E-state index contributed by atoms with van der Waals surface area (Å²) in [7, 11) is 0. The topological polar surface area (TPSA) is 83.9 Å². The molecule has 0 saturated heterocycles. The van der Waals surface area contributed by atoms with Gasteiger partial charge in [0.2, 0.25) is 5.91 Å². The summed E-state index contributed by atoms with van der Waals surface area (Å²) in [5.41, 5.74) is 0.987. The number of carbonyl (C=O) groups is 3. The van der Waals surface area contributed by atoms with Crippen molar-refractivity contribution in [2.45, 2.75) is 53.1 Å². The van der Waals surface area contributed by atoms with E-state index in [9.17, 15) is 14.4 Å². The van der Waals surface area contributed by atoms with Crippen LogP contribution >= 0.6 is 0 Å². The average Bonchev–Trinajstić information content (AvgIpc) is 2.53. The lowest BCUT2D eigenvalue weighted by molar-refractivity contribution is -0.144. The molecule has 26 heavy (non-hydrogen) atoms. The molecule has 1 rings (SSSR count). The van der Waals surface area contributed by atoms with Crippen LogP contribution in [0, 0.1) is 11.8 Å². The van der Waals surface area contributed by atoms with Crippen molar-refractivity contribution < 1.29 is 24.2 Å². The van der Waals surface area contributed by atoms with Crippen LogP contribution in [0.3, 0.4) is 0 Å². The Balaban J connectivity index is 2.97. The highest BCUT2D eigenvalue weighted by molar-refractivity contribution is 5.94. The van der Waals surface area contributed by atoms with Crippen LogP contribution in [0.25, 0.3) is 0 Å². The predicted molar refractivity (Wildman–Crippen MR) is 98.7 cm³/mol. The molecule has 0 heterocycles. The second-order valence-electron chi connectivity index (χ2n) is 7.08. The number of carbonyl (C=O) groups excluding carboxylic acids is 2. The van der Waals surface area contributed by atoms with Crippen molar-refractivity contribution in [3.05, 3.63) is 35.9 Å². The lowest BCUT2D eigenvalue weighted by atomic mass is 9.92. The first-order valence-electron chi connectivity index (χ1n) is 8.98. The molecule has 144 valence electrons. The largest absolute Gasteiger partial charge is 0.481 e. The Hall–Kier alpha value is -2.37. The number of aliphatic carboxylic acids is 1. The van der Waals surface area contributed by atoms with Gasteiger partial charge in [-0.2, -0.15) is 0 Å². The van der Waals surface area contributed by atoms with E-state index in [0.717, 1.165) is 10.5 Å². The van der Waals surface area contributed by atoms with Crippen LogP contribution in [0.4, 0.5) is 4.79 Å². The average molecular weight is 363 g/mol. The minimum atomic E-state index is -1.05. The number of ether oxygens (including phenoxy) is 1. The van der Waals surface area contributed by atoms with Gasteiger partial charge in [0.15, 0.2) is 0 Å². The number of hydrogen-bond acceptors (Lipinski definition) is 4. The first-order chi connectivity index (χ1) is 12.2. The van der Waals surface area contributed by atoms with Crippen LogP contribution in [0.15, 0.2) is 30.3 Å². The lowest BCUT2D eigenvalue weighted by Crippen LogP contribution is -2.44. The molecule has 2 amide bonds.